The van der Waals surface area contributed by atoms with E-state index >= 15 is 0 Å². The Morgan fingerprint density at radius 1 is 0.532 bits per heavy atom. The molecule has 0 aliphatic carbocycles. The molecule has 312 valence electrons. The van der Waals surface area contributed by atoms with Crippen LogP contribution in [-0.2, 0) is 7.05 Å². The van der Waals surface area contributed by atoms with Crippen molar-refractivity contribution >= 4 is 59.0 Å². The number of hydrogen-bond acceptors (Lipinski definition) is 5. The van der Waals surface area contributed by atoms with Crippen LogP contribution in [0.25, 0.3) is 91.1 Å². The zero-order valence-corrected chi connectivity index (χ0v) is 37.7. The van der Waals surface area contributed by atoms with Crippen molar-refractivity contribution in [1.29, 1.82) is 0 Å². The van der Waals surface area contributed by atoms with Gasteiger partial charge in [0.05, 0.1) is 40.5 Å². The van der Waals surface area contributed by atoms with E-state index in [0.29, 0.717) is 6.61 Å². The van der Waals surface area contributed by atoms with Crippen LogP contribution >= 0.6 is 12.6 Å². The molecule has 7 aromatic rings. The van der Waals surface area contributed by atoms with Crippen LogP contribution in [0.15, 0.2) is 85.2 Å². The van der Waals surface area contributed by atoms with E-state index in [1.165, 1.54) is 50.9 Å². The monoisotopic (exact) mass is 834 g/mol. The lowest BCUT2D eigenvalue weighted by Crippen LogP contribution is -1.97. The largest absolute Gasteiger partial charge is 0.494 e. The zero-order valence-electron chi connectivity index (χ0n) is 36.8. The number of aryl methyl sites for hydroxylation is 7. The fourth-order valence-electron chi connectivity index (χ4n) is 9.50. The van der Waals surface area contributed by atoms with Crippen LogP contribution in [0.5, 0.6) is 5.75 Å². The molecule has 0 fully saturated rings. The van der Waals surface area contributed by atoms with E-state index in [1.807, 2.05) is 19.4 Å². The van der Waals surface area contributed by atoms with Crippen molar-refractivity contribution in [2.45, 2.75) is 67.2 Å². The van der Waals surface area contributed by atoms with Crippen LogP contribution in [0.1, 0.15) is 81.8 Å². The Labute approximate surface area is 370 Å². The molecule has 9 rings (SSSR count). The molecule has 4 aromatic heterocycles. The number of nitrogens with one attached hydrogen (secondary N) is 2. The number of H-pyrrole nitrogens is 2. The number of benzene rings is 3. The van der Waals surface area contributed by atoms with Crippen molar-refractivity contribution < 1.29 is 4.74 Å². The Kier molecular flexibility index (Phi) is 11.4. The van der Waals surface area contributed by atoms with Gasteiger partial charge in [0.2, 0.25) is 0 Å². The van der Waals surface area contributed by atoms with E-state index in [4.69, 9.17) is 19.7 Å². The fourth-order valence-corrected chi connectivity index (χ4v) is 9.72. The first kappa shape index (κ1) is 41.0. The molecule has 0 radical (unpaired) electrons. The van der Waals surface area contributed by atoms with E-state index in [1.54, 1.807) is 0 Å². The molecule has 0 saturated heterocycles. The summed E-state index contributed by atoms with van der Waals surface area (Å²) in [6.07, 6.45) is 16.9. The Morgan fingerprint density at radius 2 is 0.984 bits per heavy atom. The number of aromatic nitrogens is 6. The zero-order chi connectivity index (χ0) is 43.1. The number of thiol groups is 1. The molecule has 2 aliphatic heterocycles. The maximum Gasteiger partial charge on any atom is 0.143 e. The highest BCUT2D eigenvalue weighted by atomic mass is 32.1. The fraction of sp³-hybridized carbons (Fsp3) is 0.241. The third-order valence-electron chi connectivity index (χ3n) is 12.1. The van der Waals surface area contributed by atoms with Gasteiger partial charge in [-0.1, -0.05) is 60.4 Å². The summed E-state index contributed by atoms with van der Waals surface area (Å²) in [5.41, 5.74) is 22.0. The van der Waals surface area contributed by atoms with Gasteiger partial charge in [-0.05, 0) is 160 Å². The van der Waals surface area contributed by atoms with Gasteiger partial charge in [0.25, 0.3) is 0 Å². The van der Waals surface area contributed by atoms with E-state index in [-0.39, 0.29) is 0 Å². The Hall–Kier alpha value is -6.38. The first-order chi connectivity index (χ1) is 30.1. The van der Waals surface area contributed by atoms with Crippen molar-refractivity contribution in [2.75, 3.05) is 12.4 Å². The molecule has 6 heterocycles. The molecule has 8 heteroatoms. The number of imidazole rings is 1. The van der Waals surface area contributed by atoms with Crippen LogP contribution in [-0.4, -0.2) is 41.8 Å². The molecule has 0 atom stereocenters. The van der Waals surface area contributed by atoms with Crippen LogP contribution in [0.4, 0.5) is 0 Å². The lowest BCUT2D eigenvalue weighted by Gasteiger charge is -2.13. The van der Waals surface area contributed by atoms with Gasteiger partial charge in [-0.15, -0.1) is 0 Å². The second kappa shape index (κ2) is 17.2. The van der Waals surface area contributed by atoms with Crippen molar-refractivity contribution in [3.63, 3.8) is 0 Å². The number of hydrogen-bond donors (Lipinski definition) is 3. The standard InChI is InChI=1S/C54H54N6OS/c1-32-28-34(3)48(35(4)29-32)51-42-18-16-40(56-42)50(38-12-14-39(15-13-38)61-26-10-8-9-11-27-62)41-17-19-43(57-41)52(49-36(5)30-33(2)31-37(49)6)45-21-23-47(59-45)53(46-22-20-44(51)58-46)54-55-24-25-60(54)7/h12-25,28-31,56,59,62H,8-11,26-27H2,1-7H3. The molecule has 0 amide bonds. The molecular weight excluding hydrogens is 781 g/mol. The summed E-state index contributed by atoms with van der Waals surface area (Å²) in [5, 5.41) is 0. The molecule has 3 aromatic carbocycles. The highest BCUT2D eigenvalue weighted by molar-refractivity contribution is 7.80. The Balaban J connectivity index is 1.37. The molecule has 7 nitrogen and oxygen atoms in total. The van der Waals surface area contributed by atoms with Gasteiger partial charge < -0.3 is 19.3 Å². The molecular formula is C54H54N6OS. The number of unbranched alkanes of at least 4 members (excludes halogenated alkanes) is 3. The molecule has 62 heavy (non-hydrogen) atoms. The minimum atomic E-state index is 0.696. The number of ether oxygens (including phenoxy) is 1. The second-order valence-corrected chi connectivity index (χ2v) is 17.4. The van der Waals surface area contributed by atoms with E-state index in [0.717, 1.165) is 109 Å². The molecule has 0 unspecified atom stereocenters. The van der Waals surface area contributed by atoms with Gasteiger partial charge in [0.15, 0.2) is 0 Å². The molecule has 0 saturated carbocycles. The second-order valence-electron chi connectivity index (χ2n) is 16.9. The minimum Gasteiger partial charge on any atom is -0.494 e. The summed E-state index contributed by atoms with van der Waals surface area (Å²) in [5.74, 6) is 2.63. The van der Waals surface area contributed by atoms with Gasteiger partial charge in [-0.2, -0.15) is 12.6 Å². The van der Waals surface area contributed by atoms with E-state index < -0.39 is 0 Å². The maximum atomic E-state index is 6.22. The van der Waals surface area contributed by atoms with Crippen molar-refractivity contribution in [3.05, 3.63) is 141 Å². The SMILES string of the molecule is Cc1cc(C)c(-c2c3nc(c(-c4nccn4C)c4ccc([nH]4)c(-c4c(C)cc(C)cc4C)c4nc(c(-c5ccc(OCCCCCCS)cc5)c5ccc2[nH]5)C=C4)C=C3)c(C)c1. The van der Waals surface area contributed by atoms with Crippen molar-refractivity contribution in [2.24, 2.45) is 7.05 Å². The highest BCUT2D eigenvalue weighted by Crippen LogP contribution is 2.41. The van der Waals surface area contributed by atoms with Crippen LogP contribution in [0, 0.1) is 41.5 Å². The third kappa shape index (κ3) is 7.84. The Morgan fingerprint density at radius 3 is 1.47 bits per heavy atom. The summed E-state index contributed by atoms with van der Waals surface area (Å²) >= 11 is 4.36. The van der Waals surface area contributed by atoms with E-state index in [9.17, 15) is 0 Å². The Bertz CT molecular complexity index is 2980. The summed E-state index contributed by atoms with van der Waals surface area (Å²) < 4.78 is 8.28. The maximum absolute atomic E-state index is 6.22. The summed E-state index contributed by atoms with van der Waals surface area (Å²) in [6, 6.07) is 26.3. The molecule has 0 spiro atoms. The van der Waals surface area contributed by atoms with Gasteiger partial charge >= 0.3 is 0 Å². The molecule has 2 aliphatic rings. The number of nitrogens with zero attached hydrogens (tertiary/aromatic N) is 4. The third-order valence-corrected chi connectivity index (χ3v) is 12.4. The van der Waals surface area contributed by atoms with Crippen molar-refractivity contribution in [3.8, 4) is 50.5 Å². The first-order valence-corrected chi connectivity index (χ1v) is 22.4. The van der Waals surface area contributed by atoms with Crippen molar-refractivity contribution in [1.82, 2.24) is 29.5 Å². The minimum absolute atomic E-state index is 0.696. The topological polar surface area (TPSA) is 84.4 Å². The molecule has 8 bridgehead atoms. The normalized spacial score (nSPS) is 12.1. The summed E-state index contributed by atoms with van der Waals surface area (Å²) in [6.45, 7) is 13.8. The number of rotatable bonds is 11. The molecule has 2 N–H and O–H groups in total. The smallest absolute Gasteiger partial charge is 0.143 e. The number of fused-ring (bicyclic) bond motifs is 8. The lowest BCUT2D eigenvalue weighted by atomic mass is 9.92. The van der Waals surface area contributed by atoms with E-state index in [2.05, 4.69) is 166 Å². The van der Waals surface area contributed by atoms with Crippen LogP contribution < -0.4 is 4.74 Å². The quantitative estimate of drug-likeness (QED) is 0.0895. The van der Waals surface area contributed by atoms with Gasteiger partial charge in [0.1, 0.15) is 11.6 Å². The average Bonchev–Trinajstić information content (AvgIpc) is 4.10. The van der Waals surface area contributed by atoms with Crippen LogP contribution in [0.2, 0.25) is 0 Å². The van der Waals surface area contributed by atoms with Gasteiger partial charge in [-0.3, -0.25) is 0 Å². The average molecular weight is 835 g/mol. The van der Waals surface area contributed by atoms with Crippen LogP contribution in [0.3, 0.4) is 0 Å². The highest BCUT2D eigenvalue weighted by Gasteiger charge is 2.22. The van der Waals surface area contributed by atoms with Gasteiger partial charge in [-0.25, -0.2) is 15.0 Å². The van der Waals surface area contributed by atoms with Gasteiger partial charge in [0, 0.05) is 52.7 Å². The predicted molar refractivity (Wildman–Crippen MR) is 264 cm³/mol. The summed E-state index contributed by atoms with van der Waals surface area (Å²) in [4.78, 5) is 23.7. The first-order valence-electron chi connectivity index (χ1n) is 21.7. The lowest BCUT2D eigenvalue weighted by molar-refractivity contribution is 0.305. The predicted octanol–water partition coefficient (Wildman–Crippen LogP) is 13.8. The summed E-state index contributed by atoms with van der Waals surface area (Å²) in [7, 11) is 2.03. The number of aromatic amines is 2.